The number of amides is 1. The van der Waals surface area contributed by atoms with Crippen LogP contribution in [0.15, 0.2) is 41.0 Å². The summed E-state index contributed by atoms with van der Waals surface area (Å²) in [5.74, 6) is 1.09. The number of rotatable bonds is 7. The maximum atomic E-state index is 11.9. The number of benzene rings is 1. The van der Waals surface area contributed by atoms with Gasteiger partial charge in [0.15, 0.2) is 0 Å². The highest BCUT2D eigenvalue weighted by molar-refractivity contribution is 5.76. The Morgan fingerprint density at radius 1 is 1.32 bits per heavy atom. The largest absolute Gasteiger partial charge is 0.493 e. The van der Waals surface area contributed by atoms with E-state index < -0.39 is 6.04 Å². The summed E-state index contributed by atoms with van der Waals surface area (Å²) in [5, 5.41) is 12.0. The zero-order valence-electron chi connectivity index (χ0n) is 12.8. The van der Waals surface area contributed by atoms with E-state index in [1.165, 1.54) is 11.8 Å². The normalized spacial score (nSPS) is 12.0. The first kappa shape index (κ1) is 16.1. The van der Waals surface area contributed by atoms with Crippen LogP contribution in [0.1, 0.15) is 29.3 Å². The number of aliphatic hydroxyl groups is 1. The summed E-state index contributed by atoms with van der Waals surface area (Å²) < 4.78 is 10.8. The average Bonchev–Trinajstić information content (AvgIpc) is 3.02. The first-order chi connectivity index (χ1) is 10.6. The molecule has 1 aromatic heterocycles. The molecule has 1 aromatic carbocycles. The maximum Gasteiger partial charge on any atom is 0.224 e. The van der Waals surface area contributed by atoms with E-state index >= 15 is 0 Å². The Labute approximate surface area is 129 Å². The highest BCUT2D eigenvalue weighted by atomic mass is 16.5. The van der Waals surface area contributed by atoms with E-state index in [4.69, 9.17) is 9.15 Å². The molecule has 2 rings (SSSR count). The van der Waals surface area contributed by atoms with Gasteiger partial charge in [0, 0.05) is 0 Å². The van der Waals surface area contributed by atoms with Crippen LogP contribution in [0, 0.1) is 13.8 Å². The number of aryl methyl sites for hydroxylation is 2. The van der Waals surface area contributed by atoms with Crippen molar-refractivity contribution >= 4 is 5.91 Å². The van der Waals surface area contributed by atoms with Gasteiger partial charge in [-0.1, -0.05) is 6.07 Å². The van der Waals surface area contributed by atoms with Crippen molar-refractivity contribution in [3.05, 3.63) is 53.5 Å². The Morgan fingerprint density at radius 2 is 2.14 bits per heavy atom. The lowest BCUT2D eigenvalue weighted by Gasteiger charge is -2.14. The summed E-state index contributed by atoms with van der Waals surface area (Å²) in [4.78, 5) is 11.9. The van der Waals surface area contributed by atoms with Gasteiger partial charge in [0.1, 0.15) is 17.6 Å². The molecule has 0 radical (unpaired) electrons. The van der Waals surface area contributed by atoms with Crippen LogP contribution < -0.4 is 10.1 Å². The van der Waals surface area contributed by atoms with Crippen molar-refractivity contribution in [1.29, 1.82) is 0 Å². The minimum atomic E-state index is -0.524. The highest BCUT2D eigenvalue weighted by Crippen LogP contribution is 2.17. The van der Waals surface area contributed by atoms with Crippen molar-refractivity contribution < 1.29 is 19.1 Å². The lowest BCUT2D eigenvalue weighted by Crippen LogP contribution is -2.31. The molecule has 1 atom stereocenters. The molecular formula is C17H21NO4. The monoisotopic (exact) mass is 303 g/mol. The molecule has 118 valence electrons. The second-order valence-electron chi connectivity index (χ2n) is 5.16. The molecule has 0 aliphatic carbocycles. The summed E-state index contributed by atoms with van der Waals surface area (Å²) in [6.45, 7) is 4.13. The minimum absolute atomic E-state index is 0.195. The van der Waals surface area contributed by atoms with Crippen LogP contribution in [-0.4, -0.2) is 24.2 Å². The van der Waals surface area contributed by atoms with E-state index in [9.17, 15) is 9.90 Å². The predicted molar refractivity (Wildman–Crippen MR) is 82.7 cm³/mol. The third-order valence-corrected chi connectivity index (χ3v) is 3.48. The fourth-order valence-electron chi connectivity index (χ4n) is 2.03. The number of carbonyl (C=O) groups is 1. The standard InChI is InChI=1S/C17H21NO4/c1-12-5-6-14(10-13(12)2)21-9-7-17(20)18-15(11-19)16-4-3-8-22-16/h3-6,8,10,15,19H,7,9,11H2,1-2H3,(H,18,20). The van der Waals surface area contributed by atoms with Gasteiger partial charge in [-0.2, -0.15) is 0 Å². The smallest absolute Gasteiger partial charge is 0.224 e. The van der Waals surface area contributed by atoms with Crippen LogP contribution in [0.5, 0.6) is 5.75 Å². The van der Waals surface area contributed by atoms with Gasteiger partial charge < -0.3 is 19.6 Å². The van der Waals surface area contributed by atoms with Gasteiger partial charge in [0.05, 0.1) is 25.9 Å². The quantitative estimate of drug-likeness (QED) is 0.824. The molecule has 0 saturated heterocycles. The molecule has 0 fully saturated rings. The zero-order chi connectivity index (χ0) is 15.9. The van der Waals surface area contributed by atoms with Crippen molar-refractivity contribution in [2.24, 2.45) is 0 Å². The van der Waals surface area contributed by atoms with Crippen LogP contribution in [0.25, 0.3) is 0 Å². The van der Waals surface area contributed by atoms with Gasteiger partial charge in [0.2, 0.25) is 5.91 Å². The summed E-state index contributed by atoms with van der Waals surface area (Å²) in [5.41, 5.74) is 2.36. The molecule has 5 nitrogen and oxygen atoms in total. The first-order valence-corrected chi connectivity index (χ1v) is 7.24. The maximum absolute atomic E-state index is 11.9. The summed E-state index contributed by atoms with van der Waals surface area (Å²) in [7, 11) is 0. The van der Waals surface area contributed by atoms with Gasteiger partial charge in [-0.05, 0) is 49.2 Å². The van der Waals surface area contributed by atoms with Crippen LogP contribution in [0.2, 0.25) is 0 Å². The van der Waals surface area contributed by atoms with Crippen LogP contribution in [-0.2, 0) is 4.79 Å². The zero-order valence-corrected chi connectivity index (χ0v) is 12.8. The lowest BCUT2D eigenvalue weighted by atomic mass is 10.1. The molecule has 2 N–H and O–H groups in total. The van der Waals surface area contributed by atoms with Crippen LogP contribution in [0.3, 0.4) is 0 Å². The Bertz CT molecular complexity index is 607. The third kappa shape index (κ3) is 4.36. The number of hydrogen-bond acceptors (Lipinski definition) is 4. The molecule has 1 heterocycles. The minimum Gasteiger partial charge on any atom is -0.493 e. The van der Waals surface area contributed by atoms with Gasteiger partial charge in [-0.15, -0.1) is 0 Å². The molecule has 0 saturated carbocycles. The molecule has 0 bridgehead atoms. The van der Waals surface area contributed by atoms with Crippen molar-refractivity contribution in [3.63, 3.8) is 0 Å². The molecule has 22 heavy (non-hydrogen) atoms. The van der Waals surface area contributed by atoms with E-state index in [0.717, 1.165) is 11.3 Å². The van der Waals surface area contributed by atoms with Crippen molar-refractivity contribution in [3.8, 4) is 5.75 Å². The Kier molecular flexibility index (Phi) is 5.61. The van der Waals surface area contributed by atoms with E-state index in [1.807, 2.05) is 32.0 Å². The SMILES string of the molecule is Cc1ccc(OCCC(=O)NC(CO)c2ccco2)cc1C. The fraction of sp³-hybridized carbons (Fsp3) is 0.353. The lowest BCUT2D eigenvalue weighted by molar-refractivity contribution is -0.122. The van der Waals surface area contributed by atoms with E-state index in [1.54, 1.807) is 12.1 Å². The van der Waals surface area contributed by atoms with Gasteiger partial charge in [-0.25, -0.2) is 0 Å². The van der Waals surface area contributed by atoms with Crippen molar-refractivity contribution in [2.75, 3.05) is 13.2 Å². The number of ether oxygens (including phenoxy) is 1. The average molecular weight is 303 g/mol. The molecule has 2 aromatic rings. The molecule has 0 aliphatic rings. The number of hydrogen-bond donors (Lipinski definition) is 2. The predicted octanol–water partition coefficient (Wildman–Crippen LogP) is 2.52. The summed E-state index contributed by atoms with van der Waals surface area (Å²) in [6, 6.07) is 8.74. The van der Waals surface area contributed by atoms with Gasteiger partial charge in [-0.3, -0.25) is 4.79 Å². The third-order valence-electron chi connectivity index (χ3n) is 3.48. The summed E-state index contributed by atoms with van der Waals surface area (Å²) >= 11 is 0. The van der Waals surface area contributed by atoms with Crippen molar-refractivity contribution in [1.82, 2.24) is 5.32 Å². The number of carbonyl (C=O) groups excluding carboxylic acids is 1. The number of aliphatic hydroxyl groups excluding tert-OH is 1. The van der Waals surface area contributed by atoms with Gasteiger partial charge >= 0.3 is 0 Å². The Balaban J connectivity index is 1.78. The van der Waals surface area contributed by atoms with Crippen molar-refractivity contribution in [2.45, 2.75) is 26.3 Å². The Hall–Kier alpha value is -2.27. The molecule has 0 spiro atoms. The highest BCUT2D eigenvalue weighted by Gasteiger charge is 2.15. The number of nitrogens with one attached hydrogen (secondary N) is 1. The topological polar surface area (TPSA) is 71.7 Å². The van der Waals surface area contributed by atoms with E-state index in [2.05, 4.69) is 5.32 Å². The number of furan rings is 1. The molecule has 1 unspecified atom stereocenters. The van der Waals surface area contributed by atoms with E-state index in [-0.39, 0.29) is 25.5 Å². The molecular weight excluding hydrogens is 282 g/mol. The van der Waals surface area contributed by atoms with Gasteiger partial charge in [0.25, 0.3) is 0 Å². The second-order valence-corrected chi connectivity index (χ2v) is 5.16. The summed E-state index contributed by atoms with van der Waals surface area (Å²) in [6.07, 6.45) is 1.72. The molecule has 5 heteroatoms. The first-order valence-electron chi connectivity index (χ1n) is 7.24. The molecule has 1 amide bonds. The second kappa shape index (κ2) is 7.66. The Morgan fingerprint density at radius 3 is 2.77 bits per heavy atom. The molecule has 0 aliphatic heterocycles. The van der Waals surface area contributed by atoms with Crippen LogP contribution in [0.4, 0.5) is 0 Å². The fourth-order valence-corrected chi connectivity index (χ4v) is 2.03. The van der Waals surface area contributed by atoms with E-state index in [0.29, 0.717) is 5.76 Å². The van der Waals surface area contributed by atoms with Crippen LogP contribution >= 0.6 is 0 Å².